The SMILES string of the molecule is C1CCOC1.CC(C)(C)c1cc(Br)c(O)cc1[N+](=O)[O-].CC(C)(C)c1cc(C(C)(C)CO)c(O)cc1[N+](=O)[O-].CO.COC(=O)C(C)(C)c1cc(C(C)(C)C)c([N+](=O)[O-])cc1O.COC(=O)Cl.COC(=O)OCC(C)(C)c1cc(C(C)(C)C)c(N)cc1OC(=O)OC.COC(=O)OCC(C)(C)c1cc(C(C)(C)C)c([N+](=O)[O-])cc1OC(=O)OC.COC(O[Si](C)(C)C)=C(C)C.O=C(O)c1c[nH]c2ccccc2c1=O.[AlH3].[H-].[Li+]. The number of nitrogens with zero attached hydrogens (tertiary/aromatic N) is 4. The second-order valence-electron chi connectivity index (χ2n) is 40.5. The average Bonchev–Trinajstić information content (AvgIpc) is 0.890. The van der Waals surface area contributed by atoms with Gasteiger partial charge in [0.1, 0.15) is 47.5 Å². The molecule has 812 valence electrons. The molecule has 2 heterocycles. The van der Waals surface area contributed by atoms with E-state index in [1.54, 1.807) is 97.2 Å². The number of carbonyl (C=O) groups is 7. The van der Waals surface area contributed by atoms with Crippen LogP contribution in [0, 0.1) is 40.5 Å². The summed E-state index contributed by atoms with van der Waals surface area (Å²) in [5, 5.41) is 99.6. The van der Waals surface area contributed by atoms with Gasteiger partial charge < -0.3 is 104 Å². The minimum atomic E-state index is -1.49. The number of halogens is 2. The summed E-state index contributed by atoms with van der Waals surface area (Å²) in [6.07, 6.45) is 0.256. The van der Waals surface area contributed by atoms with E-state index in [9.17, 15) is 99.2 Å². The van der Waals surface area contributed by atoms with Crippen molar-refractivity contribution in [3.8, 4) is 28.7 Å². The largest absolute Gasteiger partial charge is 1.00 e. The van der Waals surface area contributed by atoms with Gasteiger partial charge in [-0.05, 0) is 151 Å². The number of fused-ring (bicyclic) bond motifs is 1. The summed E-state index contributed by atoms with van der Waals surface area (Å²) in [7, 11) is 8.41. The predicted molar refractivity (Wildman–Crippen MR) is 562 cm³/mol. The first-order valence-corrected chi connectivity index (χ1v) is 49.0. The van der Waals surface area contributed by atoms with E-state index in [0.717, 1.165) is 44.6 Å². The molecule has 0 spiro atoms. The summed E-state index contributed by atoms with van der Waals surface area (Å²) < 4.78 is 63.3. The van der Waals surface area contributed by atoms with Gasteiger partial charge in [-0.3, -0.25) is 50.0 Å². The summed E-state index contributed by atoms with van der Waals surface area (Å²) in [4.78, 5) is 135. The van der Waals surface area contributed by atoms with Crippen molar-refractivity contribution in [3.05, 3.63) is 213 Å². The van der Waals surface area contributed by atoms with E-state index in [0.29, 0.717) is 71.5 Å². The minimum absolute atomic E-state index is 0. The number of nitro groups is 4. The van der Waals surface area contributed by atoms with Crippen LogP contribution in [0.5, 0.6) is 28.7 Å². The van der Waals surface area contributed by atoms with E-state index in [2.05, 4.69) is 75.8 Å². The van der Waals surface area contributed by atoms with Crippen LogP contribution in [0.4, 0.5) is 52.4 Å². The molecule has 1 aromatic heterocycles. The van der Waals surface area contributed by atoms with Gasteiger partial charge in [0, 0.05) is 127 Å². The van der Waals surface area contributed by atoms with Gasteiger partial charge in [-0.15, -0.1) is 0 Å². The third-order valence-electron chi connectivity index (χ3n) is 20.5. The number of carboxylic acids is 1. The molecule has 0 amide bonds. The van der Waals surface area contributed by atoms with Crippen LogP contribution in [0.1, 0.15) is 248 Å². The Labute approximate surface area is 891 Å². The first-order valence-electron chi connectivity index (χ1n) is 44.4. The number of allylic oxidation sites excluding steroid dienone is 1. The van der Waals surface area contributed by atoms with Gasteiger partial charge in [-0.25, -0.2) is 28.8 Å². The Morgan fingerprint density at radius 2 is 0.822 bits per heavy atom. The Balaban J connectivity index is -0.000000528. The molecule has 0 unspecified atom stereocenters. The normalized spacial score (nSPS) is 11.6. The number of carboxylic acid groups (broad SMARTS) is 1. The van der Waals surface area contributed by atoms with Gasteiger partial charge in [0.05, 0.1) is 110 Å². The molecular weight excluding hydrogens is 2020 g/mol. The van der Waals surface area contributed by atoms with Gasteiger partial charge in [0.2, 0.25) is 13.7 Å². The summed E-state index contributed by atoms with van der Waals surface area (Å²) in [6.45, 7) is 54.5. The molecule has 7 aromatic rings. The van der Waals surface area contributed by atoms with Crippen LogP contribution in [-0.2, 0) is 105 Å². The molecule has 8 rings (SSSR count). The molecule has 1 aliphatic rings. The van der Waals surface area contributed by atoms with Crippen LogP contribution < -0.4 is 39.5 Å². The molecule has 0 aliphatic carbocycles. The number of methoxy groups -OCH3 is 7. The van der Waals surface area contributed by atoms with Crippen molar-refractivity contribution in [3.63, 3.8) is 0 Å². The summed E-state index contributed by atoms with van der Waals surface area (Å²) in [5.74, 6) is -1.39. The van der Waals surface area contributed by atoms with Crippen molar-refractivity contribution in [2.24, 2.45) is 0 Å². The number of esters is 1. The number of rotatable bonds is 20. The number of nitrogens with two attached hydrogens (primary N) is 1. The molecule has 41 nitrogen and oxygen atoms in total. The van der Waals surface area contributed by atoms with Gasteiger partial charge in [0.25, 0.3) is 28.7 Å². The van der Waals surface area contributed by atoms with Crippen molar-refractivity contribution in [1.82, 2.24) is 4.98 Å². The van der Waals surface area contributed by atoms with Crippen molar-refractivity contribution >= 4 is 135 Å². The number of phenols is 3. The van der Waals surface area contributed by atoms with E-state index >= 15 is 0 Å². The Morgan fingerprint density at radius 1 is 0.486 bits per heavy atom. The molecule has 0 radical (unpaired) electrons. The molecule has 1 fully saturated rings. The fraction of sp³-hybridized carbons (Fsp3) is 0.520. The smallest absolute Gasteiger partial charge is 1.00 e. The number of hydrogen-bond donors (Lipinski definition) is 8. The molecule has 1 aliphatic heterocycles. The Kier molecular flexibility index (Phi) is 58.7. The maximum Gasteiger partial charge on any atom is 1.00 e. The van der Waals surface area contributed by atoms with Gasteiger partial charge >= 0.3 is 60.8 Å². The van der Waals surface area contributed by atoms with Crippen LogP contribution in [-0.4, -0.2) is 213 Å². The number of nitrogens with one attached hydrogen (secondary N) is 1. The van der Waals surface area contributed by atoms with E-state index in [4.69, 9.17) is 53.5 Å². The van der Waals surface area contributed by atoms with Gasteiger partial charge in [-0.2, -0.15) is 0 Å². The minimum Gasteiger partial charge on any atom is -1.00 e. The maximum absolute atomic E-state index is 11.9. The molecule has 1 saturated heterocycles. The van der Waals surface area contributed by atoms with Crippen molar-refractivity contribution in [2.45, 2.75) is 254 Å². The summed E-state index contributed by atoms with van der Waals surface area (Å²) in [6, 6.07) is 21.2. The average molecular weight is 2170 g/mol. The number of aromatic hydroxyl groups is 3. The number of para-hydroxylation sites is 1. The molecule has 6 aromatic carbocycles. The number of aliphatic hydroxyl groups is 2. The fourth-order valence-corrected chi connectivity index (χ4v) is 13.9. The van der Waals surface area contributed by atoms with Crippen molar-refractivity contribution in [2.75, 3.05) is 95.6 Å². The number of benzene rings is 6. The number of carbonyl (C=O) groups excluding carboxylic acids is 6. The summed E-state index contributed by atoms with van der Waals surface area (Å²) >= 11 is 7.75. The number of aromatic nitrogens is 1. The van der Waals surface area contributed by atoms with Crippen LogP contribution in [0.15, 0.2) is 112 Å². The third kappa shape index (κ3) is 45.7. The molecular formula is C100H150AlBrClLiN6O35Si. The maximum atomic E-state index is 11.9. The zero-order chi connectivity index (χ0) is 113. The number of pyridine rings is 1. The number of phenolic OH excluding ortho intramolecular Hbond substituents is 3. The number of ether oxygens (including phenoxy) is 12. The van der Waals surface area contributed by atoms with E-state index in [-0.39, 0.29) is 125 Å². The standard InChI is InChI=1S/C18H25NO8.C18H27NO6.C15H21NO5.C14H21NO4.C10H12BrNO3.C10H7NO3.C8H18O2Si.C4H8O.C2H3ClO2.CH4O.Al.Li.4H/c1-17(2,3)11-8-12(18(4,5)10-26-15(20)24-6)14(27-16(21)25-7)9-13(11)19(22)23;1-17(2,3)11-8-12(18(4,5)10-24-15(20)22-6)14(9-13(11)19)25-16(21)23-7;1-14(2,3)9-7-10(15(4,5)13(18)21-6)12(17)8-11(9)16(19)20;1-13(2,3)9-6-10(14(4,5)8-16)12(17)7-11(9)15(18)19;1-10(2,3)6-4-7(11)9(13)5-8(6)12(14)15;12-9-6-3-1-2-4-8(6)11-5-7(9)10(13)14;1-7(2)8(9-3)10-11(4,5)6;1-2-4-5-3-1;1-5-2(3)4;1-2;;;;;;/h8-9H,10H2,1-7H3;8-9H,10,19H2,1-7H3;7-8,17H,1-6H3;6-7,16-17H,8H2,1-5H3;4-5,13H,1-3H3;1-5H,(H,11,12)(H,13,14);1-6H3;1-4H2;1H3;2H,1H3;;;;;;/q;;;;;;;;;;;+1;;;;-1. The topological polar surface area (TPSA) is 592 Å². The van der Waals surface area contributed by atoms with Gasteiger partial charge in [0.15, 0.2) is 17.4 Å². The van der Waals surface area contributed by atoms with Crippen molar-refractivity contribution in [1.29, 1.82) is 0 Å². The van der Waals surface area contributed by atoms with Crippen LogP contribution in [0.25, 0.3) is 10.9 Å². The molecule has 0 saturated carbocycles. The zero-order valence-electron chi connectivity index (χ0n) is 91.3. The number of nitro benzene ring substituents is 4. The van der Waals surface area contributed by atoms with Crippen LogP contribution in [0.3, 0.4) is 0 Å². The Morgan fingerprint density at radius 3 is 1.13 bits per heavy atom. The van der Waals surface area contributed by atoms with E-state index in [1.165, 1.54) is 78.9 Å². The van der Waals surface area contributed by atoms with Crippen LogP contribution >= 0.6 is 27.5 Å². The van der Waals surface area contributed by atoms with Crippen LogP contribution in [0.2, 0.25) is 19.6 Å². The number of aromatic amines is 1. The number of aromatic carboxylic acids is 1. The fourth-order valence-electron chi connectivity index (χ4n) is 12.7. The molecule has 0 atom stereocenters. The first-order chi connectivity index (χ1) is 65.7. The van der Waals surface area contributed by atoms with E-state index < -0.39 is 113 Å². The third-order valence-corrected chi connectivity index (χ3v) is 22.1. The number of hydrogen-bond acceptors (Lipinski definition) is 35. The number of anilines is 1. The molecule has 46 heteroatoms. The zero-order valence-corrected chi connectivity index (χ0v) is 93.6. The van der Waals surface area contributed by atoms with E-state index in [1.807, 2.05) is 138 Å². The molecule has 9 N–H and O–H groups in total. The first kappa shape index (κ1) is 140. The molecule has 146 heavy (non-hydrogen) atoms. The predicted octanol–water partition coefficient (Wildman–Crippen LogP) is 18.4. The molecule has 0 bridgehead atoms. The quantitative estimate of drug-likeness (QED) is 0.00404. The number of nitrogen functional groups attached to an aromatic ring is 1. The second-order valence-corrected chi connectivity index (χ2v) is 46.1. The summed E-state index contributed by atoms with van der Waals surface area (Å²) in [5.41, 5.74) is 6.02. The Bertz CT molecular complexity index is 5660. The monoisotopic (exact) mass is 2170 g/mol. The number of H-pyrrole nitrogens is 1. The van der Waals surface area contributed by atoms with Gasteiger partial charge in [-0.1, -0.05) is 158 Å². The second kappa shape index (κ2) is 61.1. The number of aliphatic hydroxyl groups excluding tert-OH is 2. The van der Waals surface area contributed by atoms with Crippen molar-refractivity contribution < 1.29 is 165 Å². The Hall–Kier alpha value is -11.8.